The van der Waals surface area contributed by atoms with Gasteiger partial charge in [-0.15, -0.1) is 0 Å². The molecule has 0 saturated heterocycles. The Morgan fingerprint density at radius 3 is 2.29 bits per heavy atom. The van der Waals surface area contributed by atoms with Crippen molar-refractivity contribution in [2.24, 2.45) is 5.73 Å². The van der Waals surface area contributed by atoms with Crippen molar-refractivity contribution < 1.29 is 9.90 Å². The van der Waals surface area contributed by atoms with E-state index in [2.05, 4.69) is 5.32 Å². The summed E-state index contributed by atoms with van der Waals surface area (Å²) in [6, 6.07) is 9.16. The summed E-state index contributed by atoms with van der Waals surface area (Å²) in [7, 11) is 0. The van der Waals surface area contributed by atoms with Gasteiger partial charge in [0.05, 0.1) is 5.60 Å². The largest absolute Gasteiger partial charge is 0.389 e. The molecule has 0 spiro atoms. The van der Waals surface area contributed by atoms with Gasteiger partial charge in [0.25, 0.3) is 0 Å². The highest BCUT2D eigenvalue weighted by atomic mass is 16.3. The van der Waals surface area contributed by atoms with E-state index in [0.717, 1.165) is 5.56 Å². The van der Waals surface area contributed by atoms with Gasteiger partial charge >= 0.3 is 0 Å². The molecule has 4 heteroatoms. The highest BCUT2D eigenvalue weighted by molar-refractivity contribution is 5.87. The number of carbonyl (C=O) groups is 1. The first-order valence-corrected chi connectivity index (χ1v) is 5.58. The molecule has 0 aliphatic heterocycles. The summed E-state index contributed by atoms with van der Waals surface area (Å²) in [5.74, 6) is -0.300. The lowest BCUT2D eigenvalue weighted by atomic mass is 9.92. The van der Waals surface area contributed by atoms with Crippen molar-refractivity contribution in [1.82, 2.24) is 5.32 Å². The number of amides is 1. The summed E-state index contributed by atoms with van der Waals surface area (Å²) in [6.07, 6.45) is 0. The summed E-state index contributed by atoms with van der Waals surface area (Å²) < 4.78 is 0. The van der Waals surface area contributed by atoms with E-state index in [4.69, 9.17) is 5.73 Å². The number of hydrogen-bond acceptors (Lipinski definition) is 3. The lowest BCUT2D eigenvalue weighted by Crippen LogP contribution is -2.51. The van der Waals surface area contributed by atoms with Gasteiger partial charge in [-0.25, -0.2) is 0 Å². The van der Waals surface area contributed by atoms with Gasteiger partial charge in [-0.3, -0.25) is 4.79 Å². The molecule has 1 amide bonds. The third kappa shape index (κ3) is 3.84. The fraction of sp³-hybridized carbons (Fsp3) is 0.462. The quantitative estimate of drug-likeness (QED) is 0.722. The molecule has 1 unspecified atom stereocenters. The molecule has 0 aromatic heterocycles. The van der Waals surface area contributed by atoms with Crippen LogP contribution in [0, 0.1) is 0 Å². The first kappa shape index (κ1) is 13.7. The Bertz CT molecular complexity index is 380. The zero-order chi connectivity index (χ0) is 13.1. The van der Waals surface area contributed by atoms with Crippen molar-refractivity contribution in [1.29, 1.82) is 0 Å². The number of nitrogens with one attached hydrogen (secondary N) is 1. The van der Waals surface area contributed by atoms with Gasteiger partial charge in [-0.2, -0.15) is 0 Å². The van der Waals surface area contributed by atoms with Crippen LogP contribution in [0.1, 0.15) is 26.3 Å². The summed E-state index contributed by atoms with van der Waals surface area (Å²) in [4.78, 5) is 12.0. The SMILES string of the molecule is CC(C)(O)CNC(=O)C(C)(N)c1ccccc1. The average molecular weight is 236 g/mol. The Morgan fingerprint density at radius 2 is 1.82 bits per heavy atom. The molecular formula is C13H20N2O2. The molecule has 4 nitrogen and oxygen atoms in total. The highest BCUT2D eigenvalue weighted by Crippen LogP contribution is 2.17. The van der Waals surface area contributed by atoms with Crippen LogP contribution in [0.3, 0.4) is 0 Å². The Morgan fingerprint density at radius 1 is 1.29 bits per heavy atom. The van der Waals surface area contributed by atoms with Crippen LogP contribution in [0.25, 0.3) is 0 Å². The normalized spacial score (nSPS) is 15.1. The maximum Gasteiger partial charge on any atom is 0.244 e. The lowest BCUT2D eigenvalue weighted by Gasteiger charge is -2.26. The van der Waals surface area contributed by atoms with Crippen molar-refractivity contribution >= 4 is 5.91 Å². The molecule has 0 radical (unpaired) electrons. The van der Waals surface area contributed by atoms with Crippen molar-refractivity contribution in [3.8, 4) is 0 Å². The molecule has 0 saturated carbocycles. The van der Waals surface area contributed by atoms with Crippen molar-refractivity contribution in [2.75, 3.05) is 6.54 Å². The molecule has 0 fully saturated rings. The van der Waals surface area contributed by atoms with Crippen molar-refractivity contribution in [2.45, 2.75) is 31.9 Å². The predicted molar refractivity (Wildman–Crippen MR) is 67.3 cm³/mol. The fourth-order valence-corrected chi connectivity index (χ4v) is 1.40. The second-order valence-corrected chi connectivity index (χ2v) is 5.06. The molecule has 1 atom stereocenters. The maximum absolute atomic E-state index is 12.0. The van der Waals surface area contributed by atoms with Crippen LogP contribution in [-0.4, -0.2) is 23.2 Å². The Labute approximate surface area is 102 Å². The zero-order valence-corrected chi connectivity index (χ0v) is 10.5. The molecule has 0 aliphatic carbocycles. The van der Waals surface area contributed by atoms with Crippen LogP contribution in [0.4, 0.5) is 0 Å². The van der Waals surface area contributed by atoms with Crippen molar-refractivity contribution in [3.63, 3.8) is 0 Å². The minimum atomic E-state index is -1.09. The number of rotatable bonds is 4. The maximum atomic E-state index is 12.0. The first-order chi connectivity index (χ1) is 7.73. The van der Waals surface area contributed by atoms with Gasteiger partial charge in [0.15, 0.2) is 0 Å². The Hall–Kier alpha value is -1.39. The summed E-state index contributed by atoms with van der Waals surface area (Å²) >= 11 is 0. The highest BCUT2D eigenvalue weighted by Gasteiger charge is 2.31. The van der Waals surface area contributed by atoms with Crippen LogP contribution < -0.4 is 11.1 Å². The molecule has 4 N–H and O–H groups in total. The zero-order valence-electron chi connectivity index (χ0n) is 10.5. The summed E-state index contributed by atoms with van der Waals surface area (Å²) in [6.45, 7) is 5.08. The molecule has 17 heavy (non-hydrogen) atoms. The molecule has 1 aromatic rings. The number of hydrogen-bond donors (Lipinski definition) is 3. The third-order valence-electron chi connectivity index (χ3n) is 2.53. The molecule has 0 heterocycles. The first-order valence-electron chi connectivity index (χ1n) is 5.58. The minimum absolute atomic E-state index is 0.172. The van der Waals surface area contributed by atoms with E-state index in [0.29, 0.717) is 0 Å². The van der Waals surface area contributed by atoms with E-state index in [1.807, 2.05) is 30.3 Å². The van der Waals surface area contributed by atoms with Crippen molar-refractivity contribution in [3.05, 3.63) is 35.9 Å². The molecule has 94 valence electrons. The summed E-state index contributed by atoms with van der Waals surface area (Å²) in [5.41, 5.74) is 4.73. The molecule has 0 bridgehead atoms. The van der Waals surface area contributed by atoms with Crippen LogP contribution in [0.2, 0.25) is 0 Å². The summed E-state index contributed by atoms with van der Waals surface area (Å²) in [5, 5.41) is 12.2. The average Bonchev–Trinajstić information content (AvgIpc) is 2.26. The van der Waals surface area contributed by atoms with Crippen LogP contribution >= 0.6 is 0 Å². The van der Waals surface area contributed by atoms with Gasteiger partial charge in [0, 0.05) is 6.54 Å². The monoisotopic (exact) mass is 236 g/mol. The van der Waals surface area contributed by atoms with E-state index in [-0.39, 0.29) is 12.5 Å². The second kappa shape index (κ2) is 4.85. The standard InChI is InChI=1S/C13H20N2O2/c1-12(2,17)9-15-11(16)13(3,14)10-7-5-4-6-8-10/h4-8,17H,9,14H2,1-3H3,(H,15,16). The third-order valence-corrected chi connectivity index (χ3v) is 2.53. The number of benzene rings is 1. The van der Waals surface area contributed by atoms with Gasteiger partial charge in [0.1, 0.15) is 5.54 Å². The van der Waals surface area contributed by atoms with E-state index >= 15 is 0 Å². The fourth-order valence-electron chi connectivity index (χ4n) is 1.40. The minimum Gasteiger partial charge on any atom is -0.389 e. The number of carbonyl (C=O) groups excluding carboxylic acids is 1. The van der Waals surface area contributed by atoms with E-state index in [1.54, 1.807) is 20.8 Å². The van der Waals surface area contributed by atoms with Crippen LogP contribution in [0.15, 0.2) is 30.3 Å². The van der Waals surface area contributed by atoms with E-state index in [1.165, 1.54) is 0 Å². The number of nitrogens with two attached hydrogens (primary N) is 1. The smallest absolute Gasteiger partial charge is 0.244 e. The Balaban J connectivity index is 2.74. The molecular weight excluding hydrogens is 216 g/mol. The topological polar surface area (TPSA) is 75.3 Å². The van der Waals surface area contributed by atoms with Gasteiger partial charge in [-0.05, 0) is 26.3 Å². The van der Waals surface area contributed by atoms with E-state index < -0.39 is 11.1 Å². The predicted octanol–water partition coefficient (Wildman–Crippen LogP) is 0.748. The van der Waals surface area contributed by atoms with Gasteiger partial charge < -0.3 is 16.2 Å². The van der Waals surface area contributed by atoms with Gasteiger partial charge in [0.2, 0.25) is 5.91 Å². The second-order valence-electron chi connectivity index (χ2n) is 5.06. The molecule has 1 rings (SSSR count). The Kier molecular flexibility index (Phi) is 3.91. The molecule has 1 aromatic carbocycles. The van der Waals surface area contributed by atoms with Crippen LogP contribution in [-0.2, 0) is 10.3 Å². The van der Waals surface area contributed by atoms with E-state index in [9.17, 15) is 9.90 Å². The van der Waals surface area contributed by atoms with Crippen LogP contribution in [0.5, 0.6) is 0 Å². The molecule has 0 aliphatic rings. The lowest BCUT2D eigenvalue weighted by molar-refractivity contribution is -0.127. The number of aliphatic hydroxyl groups is 1. The van der Waals surface area contributed by atoms with Gasteiger partial charge in [-0.1, -0.05) is 30.3 Å².